The van der Waals surface area contributed by atoms with Gasteiger partial charge in [-0.25, -0.2) is 0 Å². The summed E-state index contributed by atoms with van der Waals surface area (Å²) in [5.74, 6) is 1.13. The number of anilines is 1. The zero-order chi connectivity index (χ0) is 19.1. The van der Waals surface area contributed by atoms with E-state index in [0.29, 0.717) is 6.04 Å². The number of hydrogen-bond acceptors (Lipinski definition) is 4. The molecule has 2 aliphatic heterocycles. The second-order valence-corrected chi connectivity index (χ2v) is 7.44. The Hall–Kier alpha value is -1.85. The highest BCUT2D eigenvalue weighted by molar-refractivity contribution is 5.38. The Kier molecular flexibility index (Phi) is 7.30. The maximum Gasteiger partial charge on any atom is 0.150 e. The molecule has 2 saturated heterocycles. The van der Waals surface area contributed by atoms with Crippen molar-refractivity contribution < 1.29 is 0 Å². The largest absolute Gasteiger partial charge is 0.354 e. The molecule has 0 radical (unpaired) electrons. The van der Waals surface area contributed by atoms with E-state index in [2.05, 4.69) is 69.0 Å². The predicted octanol–water partition coefficient (Wildman–Crippen LogP) is 3.17. The van der Waals surface area contributed by atoms with Gasteiger partial charge in [-0.15, -0.1) is 0 Å². The number of hydrogen-bond donors (Lipinski definition) is 0. The lowest BCUT2D eigenvalue weighted by Gasteiger charge is -2.42. The first-order chi connectivity index (χ1) is 13.3. The molecule has 5 heteroatoms. The lowest BCUT2D eigenvalue weighted by atomic mass is 10.0. The van der Waals surface area contributed by atoms with Gasteiger partial charge in [-0.3, -0.25) is 9.58 Å². The summed E-state index contributed by atoms with van der Waals surface area (Å²) in [5, 5.41) is 4.84. The van der Waals surface area contributed by atoms with Crippen LogP contribution in [0.25, 0.3) is 0 Å². The first-order valence-corrected chi connectivity index (χ1v) is 10.5. The maximum absolute atomic E-state index is 4.84. The summed E-state index contributed by atoms with van der Waals surface area (Å²) >= 11 is 0. The summed E-state index contributed by atoms with van der Waals surface area (Å²) in [6, 6.07) is 13.4. The van der Waals surface area contributed by atoms with E-state index < -0.39 is 0 Å². The molecule has 2 aliphatic rings. The van der Waals surface area contributed by atoms with E-state index in [9.17, 15) is 0 Å². The summed E-state index contributed by atoms with van der Waals surface area (Å²) in [6.07, 6.45) is 4.70. The summed E-state index contributed by atoms with van der Waals surface area (Å²) < 4.78 is 2.06. The molecule has 5 nitrogen and oxygen atoms in total. The number of benzene rings is 1. The van der Waals surface area contributed by atoms with E-state index in [4.69, 9.17) is 5.10 Å². The Morgan fingerprint density at radius 3 is 2.44 bits per heavy atom. The van der Waals surface area contributed by atoms with Crippen molar-refractivity contribution in [1.29, 1.82) is 0 Å². The Morgan fingerprint density at radius 1 is 0.963 bits per heavy atom. The topological polar surface area (TPSA) is 27.5 Å². The minimum absolute atomic E-state index is 0.682. The first-order valence-electron chi connectivity index (χ1n) is 10.5. The van der Waals surface area contributed by atoms with Crippen LogP contribution in [-0.4, -0.2) is 71.9 Å². The molecule has 0 aliphatic carbocycles. The second-order valence-electron chi connectivity index (χ2n) is 7.44. The average Bonchev–Trinajstić information content (AvgIpc) is 3.19. The fourth-order valence-electron chi connectivity index (χ4n) is 4.03. The van der Waals surface area contributed by atoms with E-state index in [1.807, 2.05) is 13.8 Å². The predicted molar refractivity (Wildman–Crippen MR) is 113 cm³/mol. The number of nitrogens with zero attached hydrogens (tertiary/aromatic N) is 5. The number of piperazine rings is 1. The number of likely N-dealkylation sites (N-methyl/N-ethyl adjacent to an activating group) is 1. The van der Waals surface area contributed by atoms with Gasteiger partial charge in [0.15, 0.2) is 5.82 Å². The van der Waals surface area contributed by atoms with Crippen LogP contribution in [0, 0.1) is 0 Å². The van der Waals surface area contributed by atoms with Gasteiger partial charge in [0.2, 0.25) is 0 Å². The third-order valence-corrected chi connectivity index (χ3v) is 5.59. The van der Waals surface area contributed by atoms with Gasteiger partial charge >= 0.3 is 0 Å². The van der Waals surface area contributed by atoms with Gasteiger partial charge < -0.3 is 9.80 Å². The van der Waals surface area contributed by atoms with Crippen molar-refractivity contribution in [3.63, 3.8) is 0 Å². The highest BCUT2D eigenvalue weighted by atomic mass is 15.4. The van der Waals surface area contributed by atoms with Gasteiger partial charge in [-0.05, 0) is 25.5 Å². The van der Waals surface area contributed by atoms with E-state index in [1.54, 1.807) is 0 Å². The zero-order valence-electron chi connectivity index (χ0n) is 17.2. The van der Waals surface area contributed by atoms with Gasteiger partial charge in [-0.2, -0.15) is 5.10 Å². The van der Waals surface area contributed by atoms with Crippen LogP contribution < -0.4 is 4.90 Å². The molecule has 0 amide bonds. The van der Waals surface area contributed by atoms with Gasteiger partial charge in [-0.1, -0.05) is 44.2 Å². The SMILES string of the molecule is CC.CN1CCN(C2CCCN(c3ccn(Cc4ccccc4)n3)C2)CC1. The van der Waals surface area contributed by atoms with Gasteiger partial charge in [0.25, 0.3) is 0 Å². The van der Waals surface area contributed by atoms with Crippen LogP contribution in [0.15, 0.2) is 42.6 Å². The van der Waals surface area contributed by atoms with Crippen molar-refractivity contribution in [2.75, 3.05) is 51.2 Å². The molecule has 1 aromatic heterocycles. The monoisotopic (exact) mass is 369 g/mol. The van der Waals surface area contributed by atoms with Gasteiger partial charge in [0.1, 0.15) is 0 Å². The highest BCUT2D eigenvalue weighted by Crippen LogP contribution is 2.22. The molecule has 148 valence electrons. The normalized spacial score (nSPS) is 21.6. The second kappa shape index (κ2) is 9.90. The molecular formula is C22H35N5. The molecule has 3 heterocycles. The molecule has 1 atom stereocenters. The minimum Gasteiger partial charge on any atom is -0.354 e. The lowest BCUT2D eigenvalue weighted by molar-refractivity contribution is 0.102. The third-order valence-electron chi connectivity index (χ3n) is 5.59. The smallest absolute Gasteiger partial charge is 0.150 e. The molecule has 4 rings (SSSR count). The Labute approximate surface area is 164 Å². The van der Waals surface area contributed by atoms with Crippen LogP contribution in [-0.2, 0) is 6.54 Å². The standard InChI is InChI=1S/C20H29N5.C2H6/c1-22-12-14-23(15-13-22)19-8-5-10-24(17-19)20-9-11-25(21-20)16-18-6-3-2-4-7-18;1-2/h2-4,6-7,9,11,19H,5,8,10,12-17H2,1H3;1-2H3. The molecule has 1 unspecified atom stereocenters. The molecule has 27 heavy (non-hydrogen) atoms. The zero-order valence-corrected chi connectivity index (χ0v) is 17.2. The molecule has 0 spiro atoms. The number of piperidine rings is 1. The molecule has 2 fully saturated rings. The summed E-state index contributed by atoms with van der Waals surface area (Å²) in [4.78, 5) is 7.60. The number of aromatic nitrogens is 2. The van der Waals surface area contributed by atoms with Crippen LogP contribution in [0.5, 0.6) is 0 Å². The van der Waals surface area contributed by atoms with Crippen molar-refractivity contribution in [3.8, 4) is 0 Å². The summed E-state index contributed by atoms with van der Waals surface area (Å²) in [5.41, 5.74) is 1.30. The van der Waals surface area contributed by atoms with Crippen LogP contribution >= 0.6 is 0 Å². The average molecular weight is 370 g/mol. The number of rotatable bonds is 4. The molecule has 0 bridgehead atoms. The quantitative estimate of drug-likeness (QED) is 0.827. The van der Waals surface area contributed by atoms with Crippen molar-refractivity contribution in [1.82, 2.24) is 19.6 Å². The van der Waals surface area contributed by atoms with Crippen LogP contribution in [0.2, 0.25) is 0 Å². The molecule has 1 aromatic carbocycles. The minimum atomic E-state index is 0.682. The Bertz CT molecular complexity index is 660. The van der Waals surface area contributed by atoms with Gasteiger partial charge in [0, 0.05) is 57.6 Å². The van der Waals surface area contributed by atoms with Crippen LogP contribution in [0.3, 0.4) is 0 Å². The Balaban J connectivity index is 0.00000102. The van der Waals surface area contributed by atoms with Crippen molar-refractivity contribution in [3.05, 3.63) is 48.2 Å². The first kappa shape index (κ1) is 19.9. The fourth-order valence-corrected chi connectivity index (χ4v) is 4.03. The lowest BCUT2D eigenvalue weighted by Crippen LogP contribution is -2.54. The van der Waals surface area contributed by atoms with E-state index in [0.717, 1.165) is 25.5 Å². The molecule has 0 N–H and O–H groups in total. The van der Waals surface area contributed by atoms with E-state index >= 15 is 0 Å². The van der Waals surface area contributed by atoms with Crippen molar-refractivity contribution >= 4 is 5.82 Å². The van der Waals surface area contributed by atoms with E-state index in [1.165, 1.54) is 44.6 Å². The van der Waals surface area contributed by atoms with Crippen LogP contribution in [0.1, 0.15) is 32.3 Å². The van der Waals surface area contributed by atoms with E-state index in [-0.39, 0.29) is 0 Å². The molecule has 2 aromatic rings. The summed E-state index contributed by atoms with van der Waals surface area (Å²) in [6.45, 7) is 11.9. The van der Waals surface area contributed by atoms with Gasteiger partial charge in [0.05, 0.1) is 6.54 Å². The Morgan fingerprint density at radius 2 is 1.70 bits per heavy atom. The highest BCUT2D eigenvalue weighted by Gasteiger charge is 2.28. The molecule has 0 saturated carbocycles. The van der Waals surface area contributed by atoms with Crippen LogP contribution in [0.4, 0.5) is 5.82 Å². The van der Waals surface area contributed by atoms with Crippen molar-refractivity contribution in [2.24, 2.45) is 0 Å². The van der Waals surface area contributed by atoms with Crippen molar-refractivity contribution in [2.45, 2.75) is 39.3 Å². The maximum atomic E-state index is 4.84. The third kappa shape index (κ3) is 5.33. The summed E-state index contributed by atoms with van der Waals surface area (Å²) in [7, 11) is 2.23. The molecular weight excluding hydrogens is 334 g/mol. The fraction of sp³-hybridized carbons (Fsp3) is 0.591.